The third-order valence-corrected chi connectivity index (χ3v) is 4.13. The van der Waals surface area contributed by atoms with Gasteiger partial charge in [0.15, 0.2) is 0 Å². The lowest BCUT2D eigenvalue weighted by atomic mass is 9.93. The topological polar surface area (TPSA) is 26.0 Å². The molecule has 0 spiro atoms. The highest BCUT2D eigenvalue weighted by atomic mass is 19.1. The van der Waals surface area contributed by atoms with E-state index in [1.807, 2.05) is 6.07 Å². The van der Waals surface area contributed by atoms with Crippen LogP contribution in [0.4, 0.5) is 4.39 Å². The zero-order valence-corrected chi connectivity index (χ0v) is 8.75. The summed E-state index contributed by atoms with van der Waals surface area (Å²) < 4.78 is 13.1. The zero-order chi connectivity index (χ0) is 10.4. The molecular weight excluding hydrogens is 189 g/mol. The average Bonchev–Trinajstić information content (AvgIpc) is 2.44. The van der Waals surface area contributed by atoms with E-state index in [4.69, 9.17) is 5.73 Å². The lowest BCUT2D eigenvalue weighted by Gasteiger charge is -2.15. The Bertz CT molecular complexity index is 388. The summed E-state index contributed by atoms with van der Waals surface area (Å²) in [5.41, 5.74) is 8.72. The Morgan fingerprint density at radius 2 is 1.73 bits per heavy atom. The highest BCUT2D eigenvalue weighted by molar-refractivity contribution is 5.31. The second-order valence-electron chi connectivity index (χ2n) is 5.00. The van der Waals surface area contributed by atoms with Crippen LogP contribution < -0.4 is 5.73 Å². The molecule has 3 atom stereocenters. The van der Waals surface area contributed by atoms with Crippen LogP contribution in [0.1, 0.15) is 24.0 Å². The van der Waals surface area contributed by atoms with Crippen LogP contribution in [0.5, 0.6) is 0 Å². The van der Waals surface area contributed by atoms with Crippen molar-refractivity contribution >= 4 is 0 Å². The molecule has 0 radical (unpaired) electrons. The van der Waals surface area contributed by atoms with E-state index in [9.17, 15) is 4.39 Å². The van der Waals surface area contributed by atoms with E-state index in [2.05, 4.69) is 0 Å². The van der Waals surface area contributed by atoms with Gasteiger partial charge in [0.2, 0.25) is 0 Å². The van der Waals surface area contributed by atoms with Gasteiger partial charge >= 0.3 is 0 Å². The van der Waals surface area contributed by atoms with Crippen LogP contribution in [0.2, 0.25) is 0 Å². The predicted molar refractivity (Wildman–Crippen MR) is 58.0 cm³/mol. The minimum absolute atomic E-state index is 0.111. The standard InChI is InChI=1S/C13H16FN/c14-12-4-3-8-5-9-1-2-10(13(9)15)6-11(8)7-12/h3-4,7,9-10,13H,1-2,5-6,15H2/t9-,10+,13+/m0/s1. The van der Waals surface area contributed by atoms with Gasteiger partial charge in [0.05, 0.1) is 0 Å². The molecule has 1 saturated carbocycles. The van der Waals surface area contributed by atoms with E-state index in [-0.39, 0.29) is 5.82 Å². The van der Waals surface area contributed by atoms with Crippen LogP contribution in [-0.4, -0.2) is 6.04 Å². The SMILES string of the molecule is N[C@H]1[C@@H]2CC[C@H]1Cc1ccc(F)cc1C2. The predicted octanol–water partition coefficient (Wildman–Crippen LogP) is 2.28. The number of halogens is 1. The quantitative estimate of drug-likeness (QED) is 0.691. The number of hydrogen-bond donors (Lipinski definition) is 1. The minimum Gasteiger partial charge on any atom is -0.327 e. The maximum atomic E-state index is 13.1. The van der Waals surface area contributed by atoms with Gasteiger partial charge in [0, 0.05) is 6.04 Å². The molecular formula is C13H16FN. The van der Waals surface area contributed by atoms with Gasteiger partial charge in [-0.25, -0.2) is 4.39 Å². The Morgan fingerprint density at radius 3 is 2.47 bits per heavy atom. The first-order chi connectivity index (χ1) is 7.24. The second kappa shape index (κ2) is 3.31. The van der Waals surface area contributed by atoms with Gasteiger partial charge in [-0.15, -0.1) is 0 Å². The summed E-state index contributed by atoms with van der Waals surface area (Å²) in [4.78, 5) is 0. The van der Waals surface area contributed by atoms with Crippen LogP contribution in [0.3, 0.4) is 0 Å². The van der Waals surface area contributed by atoms with E-state index in [1.54, 1.807) is 12.1 Å². The smallest absolute Gasteiger partial charge is 0.123 e. The maximum Gasteiger partial charge on any atom is 0.123 e. The fourth-order valence-electron chi connectivity index (χ4n) is 3.22. The van der Waals surface area contributed by atoms with Crippen LogP contribution in [-0.2, 0) is 12.8 Å². The molecule has 1 fully saturated rings. The van der Waals surface area contributed by atoms with Crippen molar-refractivity contribution in [3.63, 3.8) is 0 Å². The summed E-state index contributed by atoms with van der Waals surface area (Å²) in [6, 6.07) is 5.55. The number of rotatable bonds is 0. The van der Waals surface area contributed by atoms with Gasteiger partial charge in [-0.3, -0.25) is 0 Å². The third kappa shape index (κ3) is 1.48. The monoisotopic (exact) mass is 205 g/mol. The largest absolute Gasteiger partial charge is 0.327 e. The summed E-state index contributed by atoms with van der Waals surface area (Å²) in [7, 11) is 0. The lowest BCUT2D eigenvalue weighted by molar-refractivity contribution is 0.421. The van der Waals surface area contributed by atoms with E-state index in [0.717, 1.165) is 12.8 Å². The Labute approximate surface area is 89.5 Å². The molecule has 80 valence electrons. The summed E-state index contributed by atoms with van der Waals surface area (Å²) >= 11 is 0. The van der Waals surface area contributed by atoms with Crippen molar-refractivity contribution in [2.45, 2.75) is 31.7 Å². The number of nitrogens with two attached hydrogens (primary N) is 1. The molecule has 0 aliphatic heterocycles. The van der Waals surface area contributed by atoms with Crippen molar-refractivity contribution in [3.8, 4) is 0 Å². The van der Waals surface area contributed by atoms with Crippen molar-refractivity contribution in [2.75, 3.05) is 0 Å². The average molecular weight is 205 g/mol. The fourth-order valence-corrected chi connectivity index (χ4v) is 3.22. The summed E-state index contributed by atoms with van der Waals surface area (Å²) in [5, 5.41) is 0. The summed E-state index contributed by atoms with van der Waals surface area (Å²) in [6.45, 7) is 0. The van der Waals surface area contributed by atoms with E-state index in [0.29, 0.717) is 17.9 Å². The van der Waals surface area contributed by atoms with E-state index in [1.165, 1.54) is 24.0 Å². The Morgan fingerprint density at radius 1 is 1.07 bits per heavy atom. The van der Waals surface area contributed by atoms with Gasteiger partial charge < -0.3 is 5.73 Å². The molecule has 2 aliphatic rings. The summed E-state index contributed by atoms with van der Waals surface area (Å²) in [6.07, 6.45) is 4.50. The maximum absolute atomic E-state index is 13.1. The molecule has 2 bridgehead atoms. The zero-order valence-electron chi connectivity index (χ0n) is 8.75. The third-order valence-electron chi connectivity index (χ3n) is 4.13. The molecule has 0 unspecified atom stereocenters. The number of hydrogen-bond acceptors (Lipinski definition) is 1. The van der Waals surface area contributed by atoms with Crippen molar-refractivity contribution in [1.29, 1.82) is 0 Å². The van der Waals surface area contributed by atoms with Gasteiger partial charge in [-0.1, -0.05) is 6.07 Å². The minimum atomic E-state index is -0.111. The van der Waals surface area contributed by atoms with Crippen molar-refractivity contribution in [1.82, 2.24) is 0 Å². The fraction of sp³-hybridized carbons (Fsp3) is 0.538. The van der Waals surface area contributed by atoms with Gasteiger partial charge in [0.25, 0.3) is 0 Å². The van der Waals surface area contributed by atoms with E-state index < -0.39 is 0 Å². The van der Waals surface area contributed by atoms with Crippen molar-refractivity contribution in [2.24, 2.45) is 17.6 Å². The molecule has 1 aromatic rings. The Kier molecular flexibility index (Phi) is 2.06. The number of benzene rings is 1. The molecule has 2 heteroatoms. The molecule has 2 N–H and O–H groups in total. The number of fused-ring (bicyclic) bond motifs is 3. The normalized spacial score (nSPS) is 33.6. The molecule has 0 heterocycles. The van der Waals surface area contributed by atoms with Gasteiger partial charge in [-0.2, -0.15) is 0 Å². The van der Waals surface area contributed by atoms with Gasteiger partial charge in [0.1, 0.15) is 5.82 Å². The molecule has 0 saturated heterocycles. The Balaban J connectivity index is 2.02. The first kappa shape index (κ1) is 9.34. The van der Waals surface area contributed by atoms with Crippen molar-refractivity contribution in [3.05, 3.63) is 35.1 Å². The highest BCUT2D eigenvalue weighted by Crippen LogP contribution is 2.38. The molecule has 0 amide bonds. The molecule has 15 heavy (non-hydrogen) atoms. The van der Waals surface area contributed by atoms with E-state index >= 15 is 0 Å². The van der Waals surface area contributed by atoms with Gasteiger partial charge in [-0.05, 0) is 60.8 Å². The van der Waals surface area contributed by atoms with Crippen LogP contribution in [0.15, 0.2) is 18.2 Å². The second-order valence-corrected chi connectivity index (χ2v) is 5.00. The van der Waals surface area contributed by atoms with Crippen LogP contribution in [0.25, 0.3) is 0 Å². The van der Waals surface area contributed by atoms with Crippen molar-refractivity contribution < 1.29 is 4.39 Å². The lowest BCUT2D eigenvalue weighted by Crippen LogP contribution is -2.31. The molecule has 3 rings (SSSR count). The molecule has 1 aromatic carbocycles. The first-order valence-corrected chi connectivity index (χ1v) is 5.77. The Hall–Kier alpha value is -0.890. The highest BCUT2D eigenvalue weighted by Gasteiger charge is 2.36. The molecule has 1 nitrogen and oxygen atoms in total. The van der Waals surface area contributed by atoms with Crippen LogP contribution >= 0.6 is 0 Å². The van der Waals surface area contributed by atoms with Crippen LogP contribution in [0, 0.1) is 17.7 Å². The first-order valence-electron chi connectivity index (χ1n) is 5.77. The molecule has 0 aromatic heterocycles. The molecule has 2 aliphatic carbocycles. The summed E-state index contributed by atoms with van der Waals surface area (Å²) in [5.74, 6) is 1.10.